The van der Waals surface area contributed by atoms with Gasteiger partial charge in [0, 0.05) is 17.8 Å². The van der Waals surface area contributed by atoms with Crippen LogP contribution in [0, 0.1) is 0 Å². The van der Waals surface area contributed by atoms with Crippen LogP contribution in [0.3, 0.4) is 0 Å². The van der Waals surface area contributed by atoms with Gasteiger partial charge >= 0.3 is 0 Å². The molecule has 0 saturated heterocycles. The van der Waals surface area contributed by atoms with Gasteiger partial charge < -0.3 is 20.1 Å². The predicted molar refractivity (Wildman–Crippen MR) is 89.5 cm³/mol. The minimum absolute atomic E-state index is 0.0483. The summed E-state index contributed by atoms with van der Waals surface area (Å²) >= 11 is 0. The van der Waals surface area contributed by atoms with Crippen molar-refractivity contribution in [3.63, 3.8) is 0 Å². The first kappa shape index (κ1) is 15.9. The van der Waals surface area contributed by atoms with Crippen LogP contribution in [-0.4, -0.2) is 26.0 Å². The lowest BCUT2D eigenvalue weighted by Gasteiger charge is -2.10. The summed E-state index contributed by atoms with van der Waals surface area (Å²) in [6, 6.07) is 10.7. The van der Waals surface area contributed by atoms with Gasteiger partial charge in [0.15, 0.2) is 11.5 Å². The van der Waals surface area contributed by atoms with Crippen molar-refractivity contribution in [2.45, 2.75) is 13.0 Å². The lowest BCUT2D eigenvalue weighted by Crippen LogP contribution is -2.22. The first-order valence-electron chi connectivity index (χ1n) is 7.52. The maximum absolute atomic E-state index is 12.3. The zero-order chi connectivity index (χ0) is 17.1. The highest BCUT2D eigenvalue weighted by Crippen LogP contribution is 2.27. The summed E-state index contributed by atoms with van der Waals surface area (Å²) in [4.78, 5) is 23.7. The van der Waals surface area contributed by atoms with Crippen LogP contribution in [-0.2, 0) is 17.8 Å². The highest BCUT2D eigenvalue weighted by molar-refractivity contribution is 6.01. The van der Waals surface area contributed by atoms with Crippen LogP contribution in [0.1, 0.15) is 21.5 Å². The molecule has 0 bridgehead atoms. The number of carbonyl (C=O) groups excluding carboxylic acids is 2. The Morgan fingerprint density at radius 1 is 1.12 bits per heavy atom. The topological polar surface area (TPSA) is 76.7 Å². The van der Waals surface area contributed by atoms with E-state index in [9.17, 15) is 9.59 Å². The molecular weight excluding hydrogens is 308 g/mol. The number of hydrogen-bond donors (Lipinski definition) is 2. The summed E-state index contributed by atoms with van der Waals surface area (Å²) in [5.41, 5.74) is 3.06. The van der Waals surface area contributed by atoms with Crippen LogP contribution in [0.5, 0.6) is 11.5 Å². The number of rotatable bonds is 5. The molecule has 2 aromatic rings. The maximum Gasteiger partial charge on any atom is 0.251 e. The van der Waals surface area contributed by atoms with Gasteiger partial charge in [-0.05, 0) is 41.5 Å². The third-order valence-corrected chi connectivity index (χ3v) is 3.89. The zero-order valence-corrected chi connectivity index (χ0v) is 13.5. The van der Waals surface area contributed by atoms with Crippen molar-refractivity contribution in [3.8, 4) is 11.5 Å². The molecule has 2 aromatic carbocycles. The van der Waals surface area contributed by atoms with E-state index in [1.807, 2.05) is 12.1 Å². The monoisotopic (exact) mass is 326 g/mol. The number of hydrogen-bond acceptors (Lipinski definition) is 4. The Morgan fingerprint density at radius 2 is 1.92 bits per heavy atom. The summed E-state index contributed by atoms with van der Waals surface area (Å²) in [6.45, 7) is 0.369. The van der Waals surface area contributed by atoms with Gasteiger partial charge in [-0.15, -0.1) is 0 Å². The Labute approximate surface area is 139 Å². The average Bonchev–Trinajstić information content (AvgIpc) is 2.98. The minimum atomic E-state index is -0.188. The number of fused-ring (bicyclic) bond motifs is 1. The van der Waals surface area contributed by atoms with Gasteiger partial charge in [0.1, 0.15) is 0 Å². The second-order valence-corrected chi connectivity index (χ2v) is 5.47. The van der Waals surface area contributed by atoms with E-state index in [0.29, 0.717) is 30.0 Å². The Bertz CT molecular complexity index is 802. The highest BCUT2D eigenvalue weighted by Gasteiger charge is 2.19. The van der Waals surface area contributed by atoms with Crippen molar-refractivity contribution >= 4 is 17.5 Å². The molecule has 124 valence electrons. The highest BCUT2D eigenvalue weighted by atomic mass is 16.5. The van der Waals surface area contributed by atoms with Crippen molar-refractivity contribution in [1.29, 1.82) is 0 Å². The number of nitrogens with one attached hydrogen (secondary N) is 2. The van der Waals surface area contributed by atoms with Gasteiger partial charge in [-0.25, -0.2) is 0 Å². The second kappa shape index (κ2) is 6.62. The Kier molecular flexibility index (Phi) is 4.37. The molecule has 1 aliphatic rings. The summed E-state index contributed by atoms with van der Waals surface area (Å²) in [7, 11) is 3.15. The molecule has 0 radical (unpaired) electrons. The third-order valence-electron chi connectivity index (χ3n) is 3.89. The lowest BCUT2D eigenvalue weighted by atomic mass is 10.1. The largest absolute Gasteiger partial charge is 0.493 e. The van der Waals surface area contributed by atoms with Crippen molar-refractivity contribution < 1.29 is 19.1 Å². The zero-order valence-electron chi connectivity index (χ0n) is 13.5. The van der Waals surface area contributed by atoms with Gasteiger partial charge in [-0.1, -0.05) is 6.07 Å². The van der Waals surface area contributed by atoms with E-state index in [4.69, 9.17) is 9.47 Å². The molecule has 0 atom stereocenters. The summed E-state index contributed by atoms with van der Waals surface area (Å²) in [5, 5.41) is 5.61. The number of benzene rings is 2. The summed E-state index contributed by atoms with van der Waals surface area (Å²) in [6.07, 6.45) is 0.312. The fraction of sp³-hybridized carbons (Fsp3) is 0.222. The van der Waals surface area contributed by atoms with E-state index < -0.39 is 0 Å². The van der Waals surface area contributed by atoms with Crippen LogP contribution in [0.4, 0.5) is 5.69 Å². The van der Waals surface area contributed by atoms with Gasteiger partial charge in [0.2, 0.25) is 5.91 Å². The van der Waals surface area contributed by atoms with Gasteiger partial charge in [0.05, 0.1) is 20.6 Å². The molecule has 24 heavy (non-hydrogen) atoms. The molecular formula is C18H18N2O4. The van der Waals surface area contributed by atoms with E-state index >= 15 is 0 Å². The second-order valence-electron chi connectivity index (χ2n) is 5.47. The molecule has 1 aliphatic heterocycles. The van der Waals surface area contributed by atoms with Gasteiger partial charge in [0.25, 0.3) is 5.91 Å². The minimum Gasteiger partial charge on any atom is -0.493 e. The molecule has 0 aromatic heterocycles. The molecule has 6 nitrogen and oxygen atoms in total. The fourth-order valence-corrected chi connectivity index (χ4v) is 2.65. The predicted octanol–water partition coefficient (Wildman–Crippen LogP) is 2.13. The lowest BCUT2D eigenvalue weighted by molar-refractivity contribution is -0.115. The number of carbonyl (C=O) groups is 2. The average molecular weight is 326 g/mol. The van der Waals surface area contributed by atoms with Crippen molar-refractivity contribution in [1.82, 2.24) is 5.32 Å². The Hall–Kier alpha value is -3.02. The molecule has 2 N–H and O–H groups in total. The first-order chi connectivity index (χ1) is 11.6. The van der Waals surface area contributed by atoms with Crippen LogP contribution in [0.2, 0.25) is 0 Å². The molecule has 0 fully saturated rings. The van der Waals surface area contributed by atoms with Crippen molar-refractivity contribution in [2.75, 3.05) is 19.5 Å². The van der Waals surface area contributed by atoms with E-state index in [1.54, 1.807) is 38.5 Å². The molecule has 3 rings (SSSR count). The molecule has 1 heterocycles. The van der Waals surface area contributed by atoms with Gasteiger partial charge in [-0.2, -0.15) is 0 Å². The number of ether oxygens (including phenoxy) is 2. The first-order valence-corrected chi connectivity index (χ1v) is 7.52. The van der Waals surface area contributed by atoms with Crippen molar-refractivity contribution in [3.05, 3.63) is 53.1 Å². The standard InChI is InChI=1S/C18H18N2O4/c1-23-15-6-3-11(7-16(15)24-2)10-19-18(22)12-4-5-14-13(8-12)9-17(21)20-14/h3-8H,9-10H2,1-2H3,(H,19,22)(H,20,21). The van der Waals surface area contributed by atoms with E-state index in [2.05, 4.69) is 10.6 Å². The fourth-order valence-electron chi connectivity index (χ4n) is 2.65. The Morgan fingerprint density at radius 3 is 2.67 bits per heavy atom. The van der Waals surface area contributed by atoms with Crippen LogP contribution >= 0.6 is 0 Å². The summed E-state index contributed by atoms with van der Waals surface area (Å²) in [5.74, 6) is 1.02. The normalized spacial score (nSPS) is 12.3. The molecule has 0 spiro atoms. The third kappa shape index (κ3) is 3.17. The van der Waals surface area contributed by atoms with E-state index in [1.165, 1.54) is 0 Å². The van der Waals surface area contributed by atoms with E-state index in [0.717, 1.165) is 16.8 Å². The smallest absolute Gasteiger partial charge is 0.251 e. The van der Waals surface area contributed by atoms with Crippen LogP contribution in [0.25, 0.3) is 0 Å². The SMILES string of the molecule is COc1ccc(CNC(=O)c2ccc3c(c2)CC(=O)N3)cc1OC. The Balaban J connectivity index is 1.68. The molecule has 2 amide bonds. The van der Waals surface area contributed by atoms with Crippen LogP contribution < -0.4 is 20.1 Å². The molecule has 0 aliphatic carbocycles. The van der Waals surface area contributed by atoms with Gasteiger partial charge in [-0.3, -0.25) is 9.59 Å². The summed E-state index contributed by atoms with van der Waals surface area (Å²) < 4.78 is 10.4. The number of methoxy groups -OCH3 is 2. The number of anilines is 1. The quantitative estimate of drug-likeness (QED) is 0.882. The number of amides is 2. The molecule has 0 saturated carbocycles. The molecule has 6 heteroatoms. The molecule has 0 unspecified atom stereocenters. The maximum atomic E-state index is 12.3. The van der Waals surface area contributed by atoms with Crippen molar-refractivity contribution in [2.24, 2.45) is 0 Å². The van der Waals surface area contributed by atoms with E-state index in [-0.39, 0.29) is 11.8 Å². The van der Waals surface area contributed by atoms with Crippen LogP contribution in [0.15, 0.2) is 36.4 Å².